The maximum absolute atomic E-state index is 10.4. The molecule has 1 aliphatic heterocycles. The number of benzene rings is 6. The van der Waals surface area contributed by atoms with Gasteiger partial charge in [-0.3, -0.25) is 0 Å². The largest absolute Gasteiger partial charge is 0.496 e. The summed E-state index contributed by atoms with van der Waals surface area (Å²) in [5.74, 6) is 0.536. The fraction of sp³-hybridized carbons (Fsp3) is 0.275. The second-order valence-electron chi connectivity index (χ2n) is 14.6. The van der Waals surface area contributed by atoms with Gasteiger partial charge in [0.2, 0.25) is 0 Å². The monoisotopic (exact) mass is 773 g/mol. The molecule has 7 rings (SSSR count). The van der Waals surface area contributed by atoms with Crippen LogP contribution in [0.1, 0.15) is 63.1 Å². The van der Waals surface area contributed by atoms with Crippen LogP contribution >= 0.6 is 0 Å². The molecule has 58 heavy (non-hydrogen) atoms. The van der Waals surface area contributed by atoms with Gasteiger partial charge in [-0.1, -0.05) is 153 Å². The minimum absolute atomic E-state index is 0.233. The Kier molecular flexibility index (Phi) is 14.5. The van der Waals surface area contributed by atoms with Crippen LogP contribution in [0.25, 0.3) is 0 Å². The van der Waals surface area contributed by atoms with Gasteiger partial charge < -0.3 is 28.4 Å². The molecule has 1 saturated heterocycles. The number of methoxy groups -OCH3 is 1. The van der Waals surface area contributed by atoms with Gasteiger partial charge in [-0.2, -0.15) is 5.26 Å². The quantitative estimate of drug-likeness (QED) is 0.0861. The second-order valence-corrected chi connectivity index (χ2v) is 14.6. The van der Waals surface area contributed by atoms with E-state index in [4.69, 9.17) is 28.4 Å². The average molecular weight is 774 g/mol. The molecular weight excluding hydrogens is 723 g/mol. The smallest absolute Gasteiger partial charge is 0.126 e. The Hall–Kier alpha value is -5.59. The van der Waals surface area contributed by atoms with Crippen molar-refractivity contribution in [3.8, 4) is 11.8 Å². The lowest BCUT2D eigenvalue weighted by Crippen LogP contribution is -2.58. The van der Waals surface area contributed by atoms with E-state index in [1.165, 1.54) is 5.56 Å². The zero-order chi connectivity index (χ0) is 39.9. The lowest BCUT2D eigenvalue weighted by molar-refractivity contribution is -0.275. The number of nitrogens with zero attached hydrogens (tertiary/aromatic N) is 1. The first kappa shape index (κ1) is 40.6. The molecule has 0 saturated carbocycles. The predicted molar refractivity (Wildman–Crippen MR) is 225 cm³/mol. The van der Waals surface area contributed by atoms with Crippen molar-refractivity contribution in [2.24, 2.45) is 0 Å². The summed E-state index contributed by atoms with van der Waals surface area (Å²) in [6.07, 6.45) is -1.59. The van der Waals surface area contributed by atoms with Crippen LogP contribution in [-0.4, -0.2) is 38.1 Å². The van der Waals surface area contributed by atoms with Gasteiger partial charge in [-0.25, -0.2) is 0 Å². The van der Waals surface area contributed by atoms with Crippen LogP contribution in [0.15, 0.2) is 158 Å². The van der Waals surface area contributed by atoms with Crippen LogP contribution in [0, 0.1) is 11.3 Å². The Morgan fingerprint density at radius 3 is 1.53 bits per heavy atom. The summed E-state index contributed by atoms with van der Waals surface area (Å²) in [5.41, 5.74) is 8.68. The standard InChI is InChI=1S/C51H51NO6/c1-3-37-24-26-38(27-25-37)28-43-29-45(46(53-2)30-44(43)31-52)48-50(56-34-41-20-12-6-13-21-41)51(57-35-42-22-14-7-15-23-42)49(55-33-40-18-10-5-11-19-40)47(58-48)36-54-32-39-16-8-4-9-17-39/h4-27,29-30,47-51H,3,28,32-36H2,1-2H3/t47-,48+,49-,50+,51-/m1/s1. The molecule has 0 aromatic heterocycles. The summed E-state index contributed by atoms with van der Waals surface area (Å²) in [5, 5.41) is 10.4. The predicted octanol–water partition coefficient (Wildman–Crippen LogP) is 10.1. The normalized spacial score (nSPS) is 19.0. The number of hydrogen-bond donors (Lipinski definition) is 0. The molecule has 1 fully saturated rings. The molecule has 1 heterocycles. The Morgan fingerprint density at radius 2 is 1.03 bits per heavy atom. The van der Waals surface area contributed by atoms with Gasteiger partial charge in [0, 0.05) is 5.56 Å². The fourth-order valence-corrected chi connectivity index (χ4v) is 7.45. The highest BCUT2D eigenvalue weighted by molar-refractivity contribution is 5.51. The molecule has 5 atom stereocenters. The molecule has 0 N–H and O–H groups in total. The molecule has 0 unspecified atom stereocenters. The van der Waals surface area contributed by atoms with Gasteiger partial charge in [-0.15, -0.1) is 0 Å². The first-order chi connectivity index (χ1) is 28.6. The van der Waals surface area contributed by atoms with Crippen LogP contribution in [0.3, 0.4) is 0 Å². The van der Waals surface area contributed by atoms with Crippen molar-refractivity contribution in [2.75, 3.05) is 13.7 Å². The maximum atomic E-state index is 10.4. The van der Waals surface area contributed by atoms with Crippen LogP contribution < -0.4 is 4.74 Å². The van der Waals surface area contributed by atoms with Crippen molar-refractivity contribution >= 4 is 0 Å². The van der Waals surface area contributed by atoms with Gasteiger partial charge in [0.25, 0.3) is 0 Å². The third-order valence-electron chi connectivity index (χ3n) is 10.6. The van der Waals surface area contributed by atoms with E-state index in [1.54, 1.807) is 7.11 Å². The van der Waals surface area contributed by atoms with Gasteiger partial charge in [0.1, 0.15) is 36.3 Å². The minimum Gasteiger partial charge on any atom is -0.496 e. The molecule has 0 aliphatic carbocycles. The van der Waals surface area contributed by atoms with E-state index in [-0.39, 0.29) is 6.61 Å². The van der Waals surface area contributed by atoms with Crippen LogP contribution in [0.2, 0.25) is 0 Å². The highest BCUT2D eigenvalue weighted by Crippen LogP contribution is 2.43. The Labute approximate surface area is 342 Å². The summed E-state index contributed by atoms with van der Waals surface area (Å²) < 4.78 is 40.6. The molecule has 7 heteroatoms. The molecule has 6 aromatic rings. The fourth-order valence-electron chi connectivity index (χ4n) is 7.45. The van der Waals surface area contributed by atoms with Crippen molar-refractivity contribution in [3.05, 3.63) is 208 Å². The Bertz CT molecular complexity index is 2170. The zero-order valence-electron chi connectivity index (χ0n) is 33.2. The van der Waals surface area contributed by atoms with E-state index in [0.29, 0.717) is 44.2 Å². The minimum atomic E-state index is -0.685. The highest BCUT2D eigenvalue weighted by atomic mass is 16.6. The number of hydrogen-bond acceptors (Lipinski definition) is 7. The summed E-state index contributed by atoms with van der Waals surface area (Å²) in [7, 11) is 1.63. The third kappa shape index (κ3) is 10.7. The van der Waals surface area contributed by atoms with E-state index in [9.17, 15) is 5.26 Å². The van der Waals surface area contributed by atoms with Crippen molar-refractivity contribution in [1.29, 1.82) is 5.26 Å². The summed E-state index contributed by atoms with van der Waals surface area (Å²) in [6.45, 7) is 3.76. The van der Waals surface area contributed by atoms with Crippen LogP contribution in [-0.2, 0) is 63.0 Å². The lowest BCUT2D eigenvalue weighted by atomic mass is 9.87. The van der Waals surface area contributed by atoms with E-state index in [2.05, 4.69) is 67.6 Å². The van der Waals surface area contributed by atoms with Crippen molar-refractivity contribution in [2.45, 2.75) is 76.7 Å². The Morgan fingerprint density at radius 1 is 0.552 bits per heavy atom. The van der Waals surface area contributed by atoms with Gasteiger partial charge >= 0.3 is 0 Å². The molecule has 296 valence electrons. The number of nitriles is 1. The number of ether oxygens (including phenoxy) is 6. The molecule has 1 aliphatic rings. The first-order valence-electron chi connectivity index (χ1n) is 20.0. The van der Waals surface area contributed by atoms with E-state index >= 15 is 0 Å². The molecule has 0 radical (unpaired) electrons. The maximum Gasteiger partial charge on any atom is 0.126 e. The lowest BCUT2D eigenvalue weighted by Gasteiger charge is -2.46. The Balaban J connectivity index is 1.31. The molecule has 6 aromatic carbocycles. The second kappa shape index (κ2) is 20.7. The summed E-state index contributed by atoms with van der Waals surface area (Å²) in [4.78, 5) is 0. The molecule has 0 spiro atoms. The number of aryl methyl sites for hydroxylation is 1. The summed E-state index contributed by atoms with van der Waals surface area (Å²) >= 11 is 0. The SMILES string of the molecule is CCc1ccc(Cc2cc([C@@H]3O[C@H](COCc4ccccc4)[C@@H](OCc4ccccc4)[C@@H](OCc4ccccc4)[C@H]3OCc3ccccc3)c(OC)cc2C#N)cc1. The highest BCUT2D eigenvalue weighted by Gasteiger charge is 2.50. The van der Waals surface area contributed by atoms with Crippen molar-refractivity contribution in [1.82, 2.24) is 0 Å². The zero-order valence-corrected chi connectivity index (χ0v) is 33.2. The van der Waals surface area contributed by atoms with Crippen molar-refractivity contribution < 1.29 is 28.4 Å². The first-order valence-corrected chi connectivity index (χ1v) is 20.0. The molecule has 0 bridgehead atoms. The molecule has 0 amide bonds. The van der Waals surface area contributed by atoms with Crippen molar-refractivity contribution in [3.63, 3.8) is 0 Å². The van der Waals surface area contributed by atoms with Crippen LogP contribution in [0.4, 0.5) is 0 Å². The van der Waals surface area contributed by atoms with E-state index in [1.807, 2.05) is 103 Å². The van der Waals surface area contributed by atoms with E-state index in [0.717, 1.165) is 45.4 Å². The molecule has 7 nitrogen and oxygen atoms in total. The third-order valence-corrected chi connectivity index (χ3v) is 10.6. The molecular formula is C51H51NO6. The van der Waals surface area contributed by atoms with Crippen LogP contribution in [0.5, 0.6) is 5.75 Å². The summed E-state index contributed by atoms with van der Waals surface area (Å²) in [6, 6.07) is 55.3. The van der Waals surface area contributed by atoms with E-state index < -0.39 is 30.5 Å². The topological polar surface area (TPSA) is 79.2 Å². The van der Waals surface area contributed by atoms with Gasteiger partial charge in [-0.05, 0) is 63.9 Å². The average Bonchev–Trinajstić information content (AvgIpc) is 3.28. The van der Waals surface area contributed by atoms with Gasteiger partial charge in [0.15, 0.2) is 0 Å². The number of rotatable bonds is 18. The van der Waals surface area contributed by atoms with Gasteiger partial charge in [0.05, 0.1) is 51.8 Å².